The lowest BCUT2D eigenvalue weighted by Gasteiger charge is -1.98. The maximum absolute atomic E-state index is 9.32. The van der Waals surface area contributed by atoms with Gasteiger partial charge in [0.1, 0.15) is 17.0 Å². The van der Waals surface area contributed by atoms with Crippen LogP contribution in [0.4, 0.5) is 0 Å². The van der Waals surface area contributed by atoms with Gasteiger partial charge < -0.3 is 10.2 Å². The predicted octanol–water partition coefficient (Wildman–Crippen LogP) is 0.462. The molecule has 0 aliphatic rings. The first-order valence-corrected chi connectivity index (χ1v) is 3.54. The van der Waals surface area contributed by atoms with E-state index in [1.165, 1.54) is 6.20 Å². The molecule has 2 rings (SSSR count). The second-order valence-corrected chi connectivity index (χ2v) is 2.54. The molecule has 0 fully saturated rings. The smallest absolute Gasteiger partial charge is 0.187 e. The second-order valence-electron chi connectivity index (χ2n) is 2.54. The molecule has 0 aliphatic carbocycles. The van der Waals surface area contributed by atoms with E-state index in [9.17, 15) is 5.11 Å². The molecule has 0 saturated heterocycles. The van der Waals surface area contributed by atoms with Crippen molar-refractivity contribution in [1.82, 2.24) is 4.98 Å². The molecule has 0 spiro atoms. The van der Waals surface area contributed by atoms with Crippen LogP contribution in [-0.2, 0) is 0 Å². The van der Waals surface area contributed by atoms with Crippen LogP contribution in [-0.4, -0.2) is 32.6 Å². The van der Waals surface area contributed by atoms with Crippen LogP contribution in [0.2, 0.25) is 0 Å². The maximum atomic E-state index is 9.32. The molecule has 0 atom stereocenters. The molecule has 1 heterocycles. The molecular weight excluding hydrogens is 181 g/mol. The number of fused-ring (bicyclic) bond motifs is 1. The molecule has 0 aliphatic heterocycles. The molecule has 0 amide bonds. The van der Waals surface area contributed by atoms with E-state index in [-0.39, 0.29) is 28.9 Å². The number of nitrogens with zero attached hydrogens (tertiary/aromatic N) is 1. The number of aromatic hydroxyl groups is 2. The standard InChI is InChI=1S/C9H7NO2.Al.3H/c11-7-4-6-2-1-3-8(12)9(6)10-5-7;;;;/h1-5,11-12H;;;;. The largest absolute Gasteiger partial charge is 0.506 e. The number of benzene rings is 1. The monoisotopic (exact) mass is 191 g/mol. The Kier molecular flexibility index (Phi) is 2.77. The van der Waals surface area contributed by atoms with Crippen molar-refractivity contribution in [3.05, 3.63) is 30.5 Å². The van der Waals surface area contributed by atoms with Crippen LogP contribution < -0.4 is 0 Å². The number of rotatable bonds is 0. The number of hydrogen-bond acceptors (Lipinski definition) is 3. The highest BCUT2D eigenvalue weighted by Gasteiger charge is 1.99. The zero-order chi connectivity index (χ0) is 8.55. The fourth-order valence-corrected chi connectivity index (χ4v) is 1.13. The quantitative estimate of drug-likeness (QED) is 0.595. The summed E-state index contributed by atoms with van der Waals surface area (Å²) in [7, 11) is 0. The summed E-state index contributed by atoms with van der Waals surface area (Å²) in [5, 5.41) is 19.1. The van der Waals surface area contributed by atoms with E-state index >= 15 is 0 Å². The van der Waals surface area contributed by atoms with Crippen LogP contribution in [0.3, 0.4) is 0 Å². The first-order valence-electron chi connectivity index (χ1n) is 3.54. The van der Waals surface area contributed by atoms with E-state index in [0.717, 1.165) is 5.39 Å². The molecule has 0 unspecified atom stereocenters. The summed E-state index contributed by atoms with van der Waals surface area (Å²) in [6.07, 6.45) is 1.31. The summed E-state index contributed by atoms with van der Waals surface area (Å²) in [6, 6.07) is 6.61. The van der Waals surface area contributed by atoms with Gasteiger partial charge in [-0.15, -0.1) is 0 Å². The van der Waals surface area contributed by atoms with Gasteiger partial charge in [0.2, 0.25) is 0 Å². The van der Waals surface area contributed by atoms with Gasteiger partial charge in [0.05, 0.1) is 6.20 Å². The first kappa shape index (κ1) is 9.85. The van der Waals surface area contributed by atoms with Crippen LogP contribution in [0, 0.1) is 0 Å². The van der Waals surface area contributed by atoms with Crippen molar-refractivity contribution in [2.24, 2.45) is 0 Å². The van der Waals surface area contributed by atoms with Crippen molar-refractivity contribution >= 4 is 28.3 Å². The summed E-state index contributed by atoms with van der Waals surface area (Å²) < 4.78 is 0. The van der Waals surface area contributed by atoms with Gasteiger partial charge in [-0.3, -0.25) is 0 Å². The molecule has 0 bridgehead atoms. The van der Waals surface area contributed by atoms with E-state index in [4.69, 9.17) is 5.11 Å². The Hall–Kier alpha value is -1.24. The lowest BCUT2D eigenvalue weighted by molar-refractivity contribution is 0.471. The molecule has 1 aromatic heterocycles. The fourth-order valence-electron chi connectivity index (χ4n) is 1.13. The summed E-state index contributed by atoms with van der Waals surface area (Å²) in [5.41, 5.74) is 0.510. The Labute approximate surface area is 85.8 Å². The van der Waals surface area contributed by atoms with Gasteiger partial charge in [-0.25, -0.2) is 4.98 Å². The molecule has 0 saturated carbocycles. The Bertz CT molecular complexity index is 431. The summed E-state index contributed by atoms with van der Waals surface area (Å²) in [4.78, 5) is 3.88. The average Bonchev–Trinajstić information content (AvgIpc) is 2.04. The van der Waals surface area contributed by atoms with E-state index in [0.29, 0.717) is 5.52 Å². The lowest BCUT2D eigenvalue weighted by atomic mass is 10.2. The minimum Gasteiger partial charge on any atom is -0.506 e. The maximum Gasteiger partial charge on any atom is 0.187 e. The minimum absolute atomic E-state index is 0. The highest BCUT2D eigenvalue weighted by Crippen LogP contribution is 2.24. The molecule has 3 nitrogen and oxygen atoms in total. The zero-order valence-electron chi connectivity index (χ0n) is 6.23. The lowest BCUT2D eigenvalue weighted by Crippen LogP contribution is -1.78. The number of hydrogen-bond donors (Lipinski definition) is 2. The Balaban J connectivity index is 0.000000845. The second kappa shape index (κ2) is 3.65. The molecule has 13 heavy (non-hydrogen) atoms. The van der Waals surface area contributed by atoms with E-state index in [2.05, 4.69) is 4.98 Å². The molecule has 66 valence electrons. The molecule has 2 N–H and O–H groups in total. The Morgan fingerprint density at radius 3 is 2.69 bits per heavy atom. The number of phenolic OH excluding ortho intramolecular Hbond substituents is 1. The van der Waals surface area contributed by atoms with E-state index in [1.54, 1.807) is 24.3 Å². The molecule has 1 aromatic carbocycles. The van der Waals surface area contributed by atoms with Crippen molar-refractivity contribution in [1.29, 1.82) is 0 Å². The summed E-state index contributed by atoms with van der Waals surface area (Å²) >= 11 is 0. The Morgan fingerprint density at radius 1 is 1.15 bits per heavy atom. The average molecular weight is 191 g/mol. The van der Waals surface area contributed by atoms with Gasteiger partial charge in [-0.05, 0) is 12.1 Å². The van der Waals surface area contributed by atoms with E-state index < -0.39 is 0 Å². The molecule has 2 aromatic rings. The topological polar surface area (TPSA) is 53.4 Å². The fraction of sp³-hybridized carbons (Fsp3) is 0. The van der Waals surface area contributed by atoms with Crippen LogP contribution in [0.1, 0.15) is 0 Å². The van der Waals surface area contributed by atoms with Crippen LogP contribution in [0.15, 0.2) is 30.5 Å². The van der Waals surface area contributed by atoms with Gasteiger partial charge in [0, 0.05) is 5.39 Å². The SMILES string of the molecule is Oc1cnc2c(O)cccc2c1.[AlH3]. The van der Waals surface area contributed by atoms with Crippen LogP contribution >= 0.6 is 0 Å². The third-order valence-corrected chi connectivity index (χ3v) is 1.68. The summed E-state index contributed by atoms with van der Waals surface area (Å²) in [6.45, 7) is 0. The number of aromatic nitrogens is 1. The van der Waals surface area contributed by atoms with Crippen molar-refractivity contribution in [2.75, 3.05) is 0 Å². The van der Waals surface area contributed by atoms with Crippen LogP contribution in [0.5, 0.6) is 11.5 Å². The van der Waals surface area contributed by atoms with Crippen molar-refractivity contribution < 1.29 is 10.2 Å². The number of pyridine rings is 1. The minimum atomic E-state index is 0. The predicted molar refractivity (Wildman–Crippen MR) is 55.0 cm³/mol. The first-order chi connectivity index (χ1) is 5.77. The normalized spacial score (nSPS) is 9.54. The van der Waals surface area contributed by atoms with Gasteiger partial charge in [0.15, 0.2) is 17.4 Å². The Morgan fingerprint density at radius 2 is 1.92 bits per heavy atom. The highest BCUT2D eigenvalue weighted by atomic mass is 27.0. The van der Waals surface area contributed by atoms with Gasteiger partial charge in [0.25, 0.3) is 0 Å². The van der Waals surface area contributed by atoms with Crippen molar-refractivity contribution in [3.8, 4) is 11.5 Å². The van der Waals surface area contributed by atoms with Gasteiger partial charge >= 0.3 is 0 Å². The highest BCUT2D eigenvalue weighted by molar-refractivity contribution is 5.84. The van der Waals surface area contributed by atoms with Crippen molar-refractivity contribution in [2.45, 2.75) is 0 Å². The van der Waals surface area contributed by atoms with Crippen LogP contribution in [0.25, 0.3) is 10.9 Å². The number of phenols is 1. The van der Waals surface area contributed by atoms with Crippen molar-refractivity contribution in [3.63, 3.8) is 0 Å². The molecule has 0 radical (unpaired) electrons. The van der Waals surface area contributed by atoms with E-state index in [1.807, 2.05) is 0 Å². The third-order valence-electron chi connectivity index (χ3n) is 1.68. The van der Waals surface area contributed by atoms with Gasteiger partial charge in [-0.2, -0.15) is 0 Å². The molecule has 4 heteroatoms. The number of para-hydroxylation sites is 1. The zero-order valence-corrected chi connectivity index (χ0v) is 6.23. The summed E-state index contributed by atoms with van der Waals surface area (Å²) in [5.74, 6) is 0.237. The third kappa shape index (κ3) is 1.74. The van der Waals surface area contributed by atoms with Gasteiger partial charge in [-0.1, -0.05) is 12.1 Å². The molecular formula is C9H10AlNO2.